The number of nitrogens with two attached hydrogens (primary N) is 2. The highest BCUT2D eigenvalue weighted by molar-refractivity contribution is 7.84. The monoisotopic (exact) mass is 292 g/mol. The lowest BCUT2D eigenvalue weighted by Crippen LogP contribution is -2.14. The van der Waals surface area contributed by atoms with Crippen molar-refractivity contribution in [3.05, 3.63) is 59.4 Å². The van der Waals surface area contributed by atoms with Gasteiger partial charge in [-0.3, -0.25) is 9.00 Å². The molecule has 6 heteroatoms. The van der Waals surface area contributed by atoms with Gasteiger partial charge in [-0.25, -0.2) is 4.39 Å². The summed E-state index contributed by atoms with van der Waals surface area (Å²) in [5, 5.41) is 0. The lowest BCUT2D eigenvalue weighted by molar-refractivity contribution is 0.0999. The molecule has 0 saturated carbocycles. The number of rotatable bonds is 4. The maximum Gasteiger partial charge on any atom is 0.249 e. The van der Waals surface area contributed by atoms with E-state index in [0.717, 1.165) is 6.07 Å². The Kier molecular flexibility index (Phi) is 4.14. The third-order valence-corrected chi connectivity index (χ3v) is 4.16. The van der Waals surface area contributed by atoms with Crippen LogP contribution in [0.15, 0.2) is 47.4 Å². The standard InChI is InChI=1S/C14H13FN2O2S/c15-12-7-10(5-6-13(12)16)20(19)8-9-3-1-2-4-11(9)14(17)18/h1-7H,8,16H2,(H2,17,18). The first-order valence-corrected chi connectivity index (χ1v) is 7.12. The zero-order valence-electron chi connectivity index (χ0n) is 10.5. The summed E-state index contributed by atoms with van der Waals surface area (Å²) in [7, 11) is -1.48. The van der Waals surface area contributed by atoms with Crippen molar-refractivity contribution in [2.24, 2.45) is 5.73 Å². The summed E-state index contributed by atoms with van der Waals surface area (Å²) < 4.78 is 25.6. The number of amides is 1. The van der Waals surface area contributed by atoms with Gasteiger partial charge in [-0.2, -0.15) is 0 Å². The first-order chi connectivity index (χ1) is 9.49. The van der Waals surface area contributed by atoms with Crippen LogP contribution in [-0.4, -0.2) is 10.1 Å². The number of hydrogen-bond donors (Lipinski definition) is 2. The molecular formula is C14H13FN2O2S. The number of halogens is 1. The van der Waals surface area contributed by atoms with Gasteiger partial charge in [0.25, 0.3) is 0 Å². The molecule has 1 amide bonds. The van der Waals surface area contributed by atoms with E-state index in [1.54, 1.807) is 24.3 Å². The zero-order valence-corrected chi connectivity index (χ0v) is 11.3. The maximum absolute atomic E-state index is 13.4. The van der Waals surface area contributed by atoms with Crippen LogP contribution < -0.4 is 11.5 Å². The van der Waals surface area contributed by atoms with Gasteiger partial charge >= 0.3 is 0 Å². The van der Waals surface area contributed by atoms with Crippen LogP contribution in [0.3, 0.4) is 0 Å². The van der Waals surface area contributed by atoms with Crippen molar-refractivity contribution in [1.82, 2.24) is 0 Å². The summed E-state index contributed by atoms with van der Waals surface area (Å²) in [4.78, 5) is 11.6. The van der Waals surface area contributed by atoms with Gasteiger partial charge in [0.1, 0.15) is 5.82 Å². The maximum atomic E-state index is 13.4. The molecule has 1 unspecified atom stereocenters. The molecule has 0 aromatic heterocycles. The summed E-state index contributed by atoms with van der Waals surface area (Å²) in [5.74, 6) is -1.11. The summed E-state index contributed by atoms with van der Waals surface area (Å²) >= 11 is 0. The molecule has 0 saturated heterocycles. The first-order valence-electron chi connectivity index (χ1n) is 5.80. The molecule has 104 valence electrons. The van der Waals surface area contributed by atoms with Gasteiger partial charge in [-0.05, 0) is 29.8 Å². The fourth-order valence-corrected chi connectivity index (χ4v) is 2.92. The summed E-state index contributed by atoms with van der Waals surface area (Å²) in [6.45, 7) is 0. The first kappa shape index (κ1) is 14.2. The van der Waals surface area contributed by atoms with Crippen molar-refractivity contribution < 1.29 is 13.4 Å². The van der Waals surface area contributed by atoms with Crippen LogP contribution in [-0.2, 0) is 16.6 Å². The number of primary amides is 1. The van der Waals surface area contributed by atoms with Crippen LogP contribution >= 0.6 is 0 Å². The van der Waals surface area contributed by atoms with Gasteiger partial charge in [0.15, 0.2) is 0 Å². The molecule has 0 aliphatic carbocycles. The van der Waals surface area contributed by atoms with Crippen LogP contribution in [0.4, 0.5) is 10.1 Å². The fourth-order valence-electron chi connectivity index (χ4n) is 1.76. The highest BCUT2D eigenvalue weighted by Gasteiger charge is 2.12. The Hall–Kier alpha value is -2.21. The van der Waals surface area contributed by atoms with Crippen molar-refractivity contribution in [1.29, 1.82) is 0 Å². The number of nitrogen functional groups attached to an aromatic ring is 1. The Balaban J connectivity index is 2.28. The van der Waals surface area contributed by atoms with Gasteiger partial charge in [0.2, 0.25) is 5.91 Å². The average Bonchev–Trinajstić information content (AvgIpc) is 2.42. The fraction of sp³-hybridized carbons (Fsp3) is 0.0714. The summed E-state index contributed by atoms with van der Waals surface area (Å²) in [6, 6.07) is 10.6. The molecule has 0 aliphatic heterocycles. The Morgan fingerprint density at radius 1 is 1.20 bits per heavy atom. The molecule has 4 N–H and O–H groups in total. The minimum absolute atomic E-state index is 0.00304. The van der Waals surface area contributed by atoms with Crippen LogP contribution in [0.5, 0.6) is 0 Å². The van der Waals surface area contributed by atoms with Gasteiger partial charge in [-0.1, -0.05) is 18.2 Å². The Morgan fingerprint density at radius 3 is 2.55 bits per heavy atom. The van der Waals surface area contributed by atoms with E-state index >= 15 is 0 Å². The summed E-state index contributed by atoms with van der Waals surface area (Å²) in [6.07, 6.45) is 0. The number of benzene rings is 2. The second-order valence-corrected chi connectivity index (χ2v) is 5.65. The second-order valence-electron chi connectivity index (χ2n) is 4.19. The molecule has 0 fully saturated rings. The molecule has 2 rings (SSSR count). The molecule has 2 aromatic rings. The third-order valence-electron chi connectivity index (χ3n) is 2.80. The predicted molar refractivity (Wildman–Crippen MR) is 75.9 cm³/mol. The number of carbonyl (C=O) groups is 1. The van der Waals surface area contributed by atoms with Crippen molar-refractivity contribution in [2.75, 3.05) is 5.73 Å². The van der Waals surface area contributed by atoms with Crippen LogP contribution in [0.25, 0.3) is 0 Å². The largest absolute Gasteiger partial charge is 0.396 e. The van der Waals surface area contributed by atoms with Crippen LogP contribution in [0.2, 0.25) is 0 Å². The molecule has 20 heavy (non-hydrogen) atoms. The zero-order chi connectivity index (χ0) is 14.7. The molecule has 0 heterocycles. The quantitative estimate of drug-likeness (QED) is 0.843. The highest BCUT2D eigenvalue weighted by Crippen LogP contribution is 2.19. The topological polar surface area (TPSA) is 86.2 Å². The van der Waals surface area contributed by atoms with E-state index in [-0.39, 0.29) is 11.4 Å². The predicted octanol–water partition coefficient (Wildman–Crippen LogP) is 1.81. The molecule has 0 spiro atoms. The Morgan fingerprint density at radius 2 is 1.90 bits per heavy atom. The lowest BCUT2D eigenvalue weighted by Gasteiger charge is -2.07. The molecule has 1 atom stereocenters. The van der Waals surface area contributed by atoms with Crippen molar-refractivity contribution >= 4 is 22.4 Å². The highest BCUT2D eigenvalue weighted by atomic mass is 32.2. The van der Waals surface area contributed by atoms with E-state index in [9.17, 15) is 13.4 Å². The second kappa shape index (κ2) is 5.83. The van der Waals surface area contributed by atoms with Gasteiger partial charge in [0.05, 0.1) is 22.2 Å². The van der Waals surface area contributed by atoms with Crippen LogP contribution in [0, 0.1) is 5.82 Å². The SMILES string of the molecule is NC(=O)c1ccccc1CS(=O)c1ccc(N)c(F)c1. The molecule has 0 bridgehead atoms. The van der Waals surface area contributed by atoms with Crippen molar-refractivity contribution in [3.63, 3.8) is 0 Å². The number of hydrogen-bond acceptors (Lipinski definition) is 3. The van der Waals surface area contributed by atoms with Gasteiger partial charge < -0.3 is 11.5 Å². The minimum atomic E-state index is -1.48. The number of anilines is 1. The molecule has 0 radical (unpaired) electrons. The van der Waals surface area contributed by atoms with E-state index < -0.39 is 22.5 Å². The molecule has 2 aromatic carbocycles. The lowest BCUT2D eigenvalue weighted by atomic mass is 10.1. The van der Waals surface area contributed by atoms with Gasteiger partial charge in [0, 0.05) is 10.5 Å². The smallest absolute Gasteiger partial charge is 0.249 e. The minimum Gasteiger partial charge on any atom is -0.396 e. The normalized spacial score (nSPS) is 12.1. The number of carbonyl (C=O) groups excluding carboxylic acids is 1. The third kappa shape index (κ3) is 3.03. The molecule has 0 aliphatic rings. The van der Waals surface area contributed by atoms with Crippen molar-refractivity contribution in [2.45, 2.75) is 10.6 Å². The average molecular weight is 292 g/mol. The van der Waals surface area contributed by atoms with E-state index in [2.05, 4.69) is 0 Å². The Labute approximate surface area is 118 Å². The van der Waals surface area contributed by atoms with Crippen molar-refractivity contribution in [3.8, 4) is 0 Å². The molecule has 4 nitrogen and oxygen atoms in total. The van der Waals surface area contributed by atoms with E-state index in [4.69, 9.17) is 11.5 Å². The van der Waals surface area contributed by atoms with E-state index in [1.807, 2.05) is 0 Å². The molecular weight excluding hydrogens is 279 g/mol. The van der Waals surface area contributed by atoms with E-state index in [1.165, 1.54) is 12.1 Å². The van der Waals surface area contributed by atoms with Gasteiger partial charge in [-0.15, -0.1) is 0 Å². The summed E-state index contributed by atoms with van der Waals surface area (Å²) in [5.41, 5.74) is 11.5. The van der Waals surface area contributed by atoms with Crippen LogP contribution in [0.1, 0.15) is 15.9 Å². The Bertz CT molecular complexity index is 689. The van der Waals surface area contributed by atoms with E-state index in [0.29, 0.717) is 16.0 Å².